The third-order valence-electron chi connectivity index (χ3n) is 1.06. The highest BCUT2D eigenvalue weighted by Crippen LogP contribution is 2.13. The number of rotatable bonds is 3. The number of nitrogens with two attached hydrogens (primary N) is 1. The molecule has 4 heteroatoms. The molecule has 0 atom stereocenters. The first kappa shape index (κ1) is 8.30. The van der Waals surface area contributed by atoms with Crippen LogP contribution in [0, 0.1) is 0 Å². The van der Waals surface area contributed by atoms with E-state index in [1.54, 1.807) is 18.3 Å². The molecule has 0 amide bonds. The van der Waals surface area contributed by atoms with Crippen LogP contribution in [0.5, 0.6) is 5.88 Å². The highest BCUT2D eigenvalue weighted by Gasteiger charge is 1.93. The van der Waals surface area contributed by atoms with Crippen molar-refractivity contribution in [1.29, 1.82) is 0 Å². The van der Waals surface area contributed by atoms with Gasteiger partial charge in [0.2, 0.25) is 5.88 Å². The van der Waals surface area contributed by atoms with E-state index in [1.807, 2.05) is 0 Å². The van der Waals surface area contributed by atoms with Crippen molar-refractivity contribution in [1.82, 2.24) is 4.98 Å². The van der Waals surface area contributed by atoms with Crippen molar-refractivity contribution in [2.45, 2.75) is 0 Å². The van der Waals surface area contributed by atoms with Crippen LogP contribution < -0.4 is 10.5 Å². The molecule has 0 bridgehead atoms. The summed E-state index contributed by atoms with van der Waals surface area (Å²) in [5.74, 6) is 0.517. The average molecular weight is 173 g/mol. The van der Waals surface area contributed by atoms with Crippen molar-refractivity contribution in [2.24, 2.45) is 5.73 Å². The summed E-state index contributed by atoms with van der Waals surface area (Å²) < 4.78 is 5.12. The Balaban J connectivity index is 2.56. The minimum absolute atomic E-state index is 0.466. The lowest BCUT2D eigenvalue weighted by Gasteiger charge is -2.01. The Bertz CT molecular complexity index is 229. The summed E-state index contributed by atoms with van der Waals surface area (Å²) >= 11 is 5.67. The zero-order valence-electron chi connectivity index (χ0n) is 5.96. The van der Waals surface area contributed by atoms with Crippen molar-refractivity contribution in [3.63, 3.8) is 0 Å². The molecule has 1 rings (SSSR count). The lowest BCUT2D eigenvalue weighted by molar-refractivity contribution is 0.315. The van der Waals surface area contributed by atoms with E-state index in [4.69, 9.17) is 22.1 Å². The van der Waals surface area contributed by atoms with Crippen molar-refractivity contribution in [3.05, 3.63) is 23.4 Å². The Hall–Kier alpha value is -0.800. The van der Waals surface area contributed by atoms with Crippen molar-refractivity contribution < 1.29 is 4.74 Å². The van der Waals surface area contributed by atoms with E-state index in [0.29, 0.717) is 24.1 Å². The third-order valence-corrected chi connectivity index (χ3v) is 1.30. The fraction of sp³-hybridized carbons (Fsp3) is 0.286. The standard InChI is InChI=1S/C7H9ClN2O/c8-6-1-3-10-7(5-6)11-4-2-9/h1,3,5H,2,4,9H2. The largest absolute Gasteiger partial charge is 0.476 e. The predicted molar refractivity (Wildman–Crippen MR) is 43.8 cm³/mol. The van der Waals surface area contributed by atoms with Gasteiger partial charge in [0, 0.05) is 23.8 Å². The number of ether oxygens (including phenoxy) is 1. The van der Waals surface area contributed by atoms with Gasteiger partial charge in [-0.25, -0.2) is 4.98 Å². The van der Waals surface area contributed by atoms with Gasteiger partial charge in [-0.3, -0.25) is 0 Å². The van der Waals surface area contributed by atoms with Crippen LogP contribution in [0.3, 0.4) is 0 Å². The quantitative estimate of drug-likeness (QED) is 0.742. The lowest BCUT2D eigenvalue weighted by atomic mass is 10.5. The Morgan fingerprint density at radius 2 is 2.45 bits per heavy atom. The van der Waals surface area contributed by atoms with Gasteiger partial charge in [0.05, 0.1) is 0 Å². The second-order valence-corrected chi connectivity index (χ2v) is 2.39. The van der Waals surface area contributed by atoms with Gasteiger partial charge in [-0.05, 0) is 6.07 Å². The Labute approximate surface area is 70.1 Å². The van der Waals surface area contributed by atoms with Crippen molar-refractivity contribution in [3.8, 4) is 5.88 Å². The molecule has 1 aromatic heterocycles. The molecule has 60 valence electrons. The molecular weight excluding hydrogens is 164 g/mol. The molecule has 0 saturated heterocycles. The number of aromatic nitrogens is 1. The van der Waals surface area contributed by atoms with Gasteiger partial charge in [-0.1, -0.05) is 11.6 Å². The van der Waals surface area contributed by atoms with Gasteiger partial charge in [0.1, 0.15) is 6.61 Å². The second kappa shape index (κ2) is 4.16. The van der Waals surface area contributed by atoms with Crippen molar-refractivity contribution in [2.75, 3.05) is 13.2 Å². The van der Waals surface area contributed by atoms with E-state index in [0.717, 1.165) is 0 Å². The SMILES string of the molecule is NCCOc1cc(Cl)ccn1. The van der Waals surface area contributed by atoms with Crippen LogP contribution in [-0.2, 0) is 0 Å². The van der Waals surface area contributed by atoms with E-state index >= 15 is 0 Å². The fourth-order valence-electron chi connectivity index (χ4n) is 0.628. The van der Waals surface area contributed by atoms with Gasteiger partial charge >= 0.3 is 0 Å². The first-order chi connectivity index (χ1) is 5.33. The number of nitrogens with zero attached hydrogens (tertiary/aromatic N) is 1. The second-order valence-electron chi connectivity index (χ2n) is 1.95. The summed E-state index contributed by atoms with van der Waals surface area (Å²) in [6.07, 6.45) is 1.59. The summed E-state index contributed by atoms with van der Waals surface area (Å²) in [6.45, 7) is 0.946. The van der Waals surface area contributed by atoms with Gasteiger partial charge in [-0.15, -0.1) is 0 Å². The first-order valence-electron chi connectivity index (χ1n) is 3.27. The van der Waals surface area contributed by atoms with Crippen LogP contribution in [0.25, 0.3) is 0 Å². The zero-order valence-corrected chi connectivity index (χ0v) is 6.71. The maximum atomic E-state index is 5.67. The fourth-order valence-corrected chi connectivity index (χ4v) is 0.777. The molecule has 11 heavy (non-hydrogen) atoms. The Morgan fingerprint density at radius 1 is 1.64 bits per heavy atom. The third kappa shape index (κ3) is 2.74. The monoisotopic (exact) mass is 172 g/mol. The molecule has 1 heterocycles. The van der Waals surface area contributed by atoms with Crippen LogP contribution in [0.2, 0.25) is 5.02 Å². The molecule has 0 aliphatic carbocycles. The predicted octanol–water partition coefficient (Wildman–Crippen LogP) is 1.07. The molecular formula is C7H9ClN2O. The summed E-state index contributed by atoms with van der Waals surface area (Å²) in [5.41, 5.74) is 5.23. The normalized spacial score (nSPS) is 9.64. The van der Waals surface area contributed by atoms with Gasteiger partial charge in [-0.2, -0.15) is 0 Å². The molecule has 0 unspecified atom stereocenters. The average Bonchev–Trinajstić information content (AvgIpc) is 2.01. The highest BCUT2D eigenvalue weighted by atomic mass is 35.5. The first-order valence-corrected chi connectivity index (χ1v) is 3.65. The van der Waals surface area contributed by atoms with Crippen LogP contribution in [-0.4, -0.2) is 18.1 Å². The van der Waals surface area contributed by atoms with Gasteiger partial charge < -0.3 is 10.5 Å². The molecule has 0 saturated carbocycles. The molecule has 1 aromatic rings. The molecule has 0 aliphatic rings. The number of halogens is 1. The van der Waals surface area contributed by atoms with E-state index in [9.17, 15) is 0 Å². The molecule has 2 N–H and O–H groups in total. The maximum absolute atomic E-state index is 5.67. The smallest absolute Gasteiger partial charge is 0.214 e. The van der Waals surface area contributed by atoms with Crippen LogP contribution in [0.1, 0.15) is 0 Å². The van der Waals surface area contributed by atoms with Crippen LogP contribution >= 0.6 is 11.6 Å². The highest BCUT2D eigenvalue weighted by molar-refractivity contribution is 6.30. The van der Waals surface area contributed by atoms with E-state index in [-0.39, 0.29) is 0 Å². The van der Waals surface area contributed by atoms with Gasteiger partial charge in [0.15, 0.2) is 0 Å². The minimum atomic E-state index is 0.466. The lowest BCUT2D eigenvalue weighted by Crippen LogP contribution is -2.11. The number of pyridine rings is 1. The van der Waals surface area contributed by atoms with Gasteiger partial charge in [0.25, 0.3) is 0 Å². The number of hydrogen-bond donors (Lipinski definition) is 1. The Kier molecular flexibility index (Phi) is 3.14. The summed E-state index contributed by atoms with van der Waals surface area (Å²) in [5, 5.41) is 0.618. The molecule has 3 nitrogen and oxygen atoms in total. The number of hydrogen-bond acceptors (Lipinski definition) is 3. The molecule has 0 fully saturated rings. The minimum Gasteiger partial charge on any atom is -0.476 e. The zero-order chi connectivity index (χ0) is 8.10. The molecule has 0 radical (unpaired) electrons. The molecule has 0 aliphatic heterocycles. The van der Waals surface area contributed by atoms with Crippen LogP contribution in [0.15, 0.2) is 18.3 Å². The summed E-state index contributed by atoms with van der Waals surface area (Å²) in [7, 11) is 0. The van der Waals surface area contributed by atoms with E-state index in [2.05, 4.69) is 4.98 Å². The van der Waals surface area contributed by atoms with Crippen LogP contribution in [0.4, 0.5) is 0 Å². The van der Waals surface area contributed by atoms with Crippen molar-refractivity contribution >= 4 is 11.6 Å². The Morgan fingerprint density at radius 3 is 3.09 bits per heavy atom. The topological polar surface area (TPSA) is 48.1 Å². The summed E-state index contributed by atoms with van der Waals surface area (Å²) in [6, 6.07) is 3.34. The molecule has 0 spiro atoms. The van der Waals surface area contributed by atoms with E-state index < -0.39 is 0 Å². The maximum Gasteiger partial charge on any atom is 0.214 e. The molecule has 0 aromatic carbocycles. The van der Waals surface area contributed by atoms with E-state index in [1.165, 1.54) is 0 Å². The summed E-state index contributed by atoms with van der Waals surface area (Å²) in [4.78, 5) is 3.91.